The molecule has 3 rings (SSSR count). The smallest absolute Gasteiger partial charge is 0.255 e. The van der Waals surface area contributed by atoms with Crippen LogP contribution in [0.25, 0.3) is 0 Å². The zero-order valence-corrected chi connectivity index (χ0v) is 15.2. The molecule has 0 aromatic heterocycles. The Balaban J connectivity index is 1.64. The maximum atomic E-state index is 12.2. The summed E-state index contributed by atoms with van der Waals surface area (Å²) in [6.07, 6.45) is 0. The standard InChI is InChI=1S/C20H17BrN2O2/c1-25-19-11-9-17(10-12-19)22-16-5-7-18(8-6-16)23-20(24)14-3-2-4-15(21)13-14/h2-13,22H,1H3,(H,23,24). The highest BCUT2D eigenvalue weighted by molar-refractivity contribution is 9.10. The lowest BCUT2D eigenvalue weighted by Gasteiger charge is -2.09. The number of hydrogen-bond acceptors (Lipinski definition) is 3. The highest BCUT2D eigenvalue weighted by atomic mass is 79.9. The molecule has 3 aromatic carbocycles. The molecule has 126 valence electrons. The second-order valence-corrected chi connectivity index (χ2v) is 6.31. The molecular weight excluding hydrogens is 380 g/mol. The summed E-state index contributed by atoms with van der Waals surface area (Å²) in [6.45, 7) is 0. The zero-order valence-electron chi connectivity index (χ0n) is 13.6. The molecule has 0 radical (unpaired) electrons. The van der Waals surface area contributed by atoms with Crippen molar-refractivity contribution < 1.29 is 9.53 Å². The van der Waals surface area contributed by atoms with Crippen LogP contribution in [0.4, 0.5) is 17.1 Å². The molecule has 0 aliphatic rings. The Hall–Kier alpha value is -2.79. The third-order valence-electron chi connectivity index (χ3n) is 3.61. The average Bonchev–Trinajstić information content (AvgIpc) is 2.64. The number of rotatable bonds is 5. The van der Waals surface area contributed by atoms with Crippen molar-refractivity contribution in [2.24, 2.45) is 0 Å². The van der Waals surface area contributed by atoms with Gasteiger partial charge in [0.1, 0.15) is 5.75 Å². The summed E-state index contributed by atoms with van der Waals surface area (Å²) in [5.74, 6) is 0.674. The molecule has 0 atom stereocenters. The van der Waals surface area contributed by atoms with Crippen molar-refractivity contribution in [3.05, 3.63) is 82.8 Å². The van der Waals surface area contributed by atoms with Crippen molar-refractivity contribution in [3.63, 3.8) is 0 Å². The number of methoxy groups -OCH3 is 1. The number of carbonyl (C=O) groups excluding carboxylic acids is 1. The fraction of sp³-hybridized carbons (Fsp3) is 0.0500. The molecule has 0 unspecified atom stereocenters. The van der Waals surface area contributed by atoms with E-state index in [4.69, 9.17) is 4.74 Å². The van der Waals surface area contributed by atoms with E-state index >= 15 is 0 Å². The van der Waals surface area contributed by atoms with Gasteiger partial charge in [0.2, 0.25) is 0 Å². The van der Waals surface area contributed by atoms with Gasteiger partial charge in [-0.05, 0) is 66.7 Å². The molecule has 1 amide bonds. The molecule has 0 heterocycles. The highest BCUT2D eigenvalue weighted by Crippen LogP contribution is 2.22. The lowest BCUT2D eigenvalue weighted by molar-refractivity contribution is 0.102. The molecule has 0 spiro atoms. The van der Waals surface area contributed by atoms with Gasteiger partial charge in [-0.25, -0.2) is 0 Å². The topological polar surface area (TPSA) is 50.4 Å². The molecule has 0 saturated carbocycles. The third kappa shape index (κ3) is 4.61. The predicted octanol–water partition coefficient (Wildman–Crippen LogP) is 5.45. The SMILES string of the molecule is COc1ccc(Nc2ccc(NC(=O)c3cccc(Br)c3)cc2)cc1. The van der Waals surface area contributed by atoms with Gasteiger partial charge in [0.05, 0.1) is 7.11 Å². The van der Waals surface area contributed by atoms with Crippen LogP contribution in [0.2, 0.25) is 0 Å². The van der Waals surface area contributed by atoms with Crippen molar-refractivity contribution in [2.45, 2.75) is 0 Å². The minimum Gasteiger partial charge on any atom is -0.497 e. The predicted molar refractivity (Wildman–Crippen MR) is 105 cm³/mol. The lowest BCUT2D eigenvalue weighted by atomic mass is 10.2. The van der Waals surface area contributed by atoms with E-state index in [2.05, 4.69) is 26.6 Å². The van der Waals surface area contributed by atoms with Crippen LogP contribution >= 0.6 is 15.9 Å². The number of amides is 1. The summed E-state index contributed by atoms with van der Waals surface area (Å²) in [5.41, 5.74) is 3.25. The number of ether oxygens (including phenoxy) is 1. The Labute approximate surface area is 155 Å². The van der Waals surface area contributed by atoms with Gasteiger partial charge in [-0.15, -0.1) is 0 Å². The first-order chi connectivity index (χ1) is 12.1. The number of anilines is 3. The summed E-state index contributed by atoms with van der Waals surface area (Å²) >= 11 is 3.37. The molecule has 0 bridgehead atoms. The van der Waals surface area contributed by atoms with Gasteiger partial charge in [0.15, 0.2) is 0 Å². The number of benzene rings is 3. The van der Waals surface area contributed by atoms with Gasteiger partial charge >= 0.3 is 0 Å². The summed E-state index contributed by atoms with van der Waals surface area (Å²) in [6, 6.07) is 22.5. The Morgan fingerprint density at radius 3 is 2.08 bits per heavy atom. The molecule has 0 fully saturated rings. The average molecular weight is 397 g/mol. The van der Waals surface area contributed by atoms with Crippen molar-refractivity contribution in [2.75, 3.05) is 17.7 Å². The van der Waals surface area contributed by atoms with E-state index < -0.39 is 0 Å². The van der Waals surface area contributed by atoms with Gasteiger partial charge in [-0.1, -0.05) is 22.0 Å². The first kappa shape index (κ1) is 17.0. The van der Waals surface area contributed by atoms with E-state index in [9.17, 15) is 4.79 Å². The molecular formula is C20H17BrN2O2. The number of carbonyl (C=O) groups is 1. The fourth-order valence-electron chi connectivity index (χ4n) is 2.31. The Morgan fingerprint density at radius 2 is 1.48 bits per heavy atom. The number of hydrogen-bond donors (Lipinski definition) is 2. The van der Waals surface area contributed by atoms with Crippen LogP contribution in [0.5, 0.6) is 5.75 Å². The maximum Gasteiger partial charge on any atom is 0.255 e. The normalized spacial score (nSPS) is 10.2. The van der Waals surface area contributed by atoms with Crippen LogP contribution in [-0.2, 0) is 0 Å². The molecule has 0 aliphatic heterocycles. The van der Waals surface area contributed by atoms with Gasteiger partial charge in [-0.3, -0.25) is 4.79 Å². The number of halogens is 1. The van der Waals surface area contributed by atoms with E-state index in [1.54, 1.807) is 19.2 Å². The van der Waals surface area contributed by atoms with Gasteiger partial charge < -0.3 is 15.4 Å². The first-order valence-corrected chi connectivity index (χ1v) is 8.51. The molecule has 2 N–H and O–H groups in total. The van der Waals surface area contributed by atoms with Crippen LogP contribution in [-0.4, -0.2) is 13.0 Å². The van der Waals surface area contributed by atoms with Crippen LogP contribution in [0.1, 0.15) is 10.4 Å². The molecule has 0 saturated heterocycles. The Morgan fingerprint density at radius 1 is 0.880 bits per heavy atom. The van der Waals surface area contributed by atoms with Gasteiger partial charge in [0.25, 0.3) is 5.91 Å². The summed E-state index contributed by atoms with van der Waals surface area (Å²) in [4.78, 5) is 12.2. The monoisotopic (exact) mass is 396 g/mol. The van der Waals surface area contributed by atoms with Crippen molar-refractivity contribution >= 4 is 38.9 Å². The largest absolute Gasteiger partial charge is 0.497 e. The third-order valence-corrected chi connectivity index (χ3v) is 4.10. The van der Waals surface area contributed by atoms with Crippen LogP contribution in [0, 0.1) is 0 Å². The fourth-order valence-corrected chi connectivity index (χ4v) is 2.71. The lowest BCUT2D eigenvalue weighted by Crippen LogP contribution is -2.11. The molecule has 3 aromatic rings. The van der Waals surface area contributed by atoms with Crippen molar-refractivity contribution in [1.82, 2.24) is 0 Å². The summed E-state index contributed by atoms with van der Waals surface area (Å²) in [5, 5.41) is 6.19. The first-order valence-electron chi connectivity index (χ1n) is 7.72. The van der Waals surface area contributed by atoms with Crippen molar-refractivity contribution in [3.8, 4) is 5.75 Å². The molecule has 5 heteroatoms. The minimum atomic E-state index is -0.142. The highest BCUT2D eigenvalue weighted by Gasteiger charge is 2.06. The van der Waals surface area contributed by atoms with Crippen LogP contribution in [0.15, 0.2) is 77.3 Å². The van der Waals surface area contributed by atoms with E-state index in [-0.39, 0.29) is 5.91 Å². The molecule has 0 aliphatic carbocycles. The number of nitrogens with one attached hydrogen (secondary N) is 2. The van der Waals surface area contributed by atoms with E-state index in [1.165, 1.54) is 0 Å². The zero-order chi connectivity index (χ0) is 17.6. The maximum absolute atomic E-state index is 12.2. The minimum absolute atomic E-state index is 0.142. The van der Waals surface area contributed by atoms with E-state index in [1.807, 2.05) is 60.7 Å². The van der Waals surface area contributed by atoms with E-state index in [0.717, 1.165) is 27.3 Å². The quantitative estimate of drug-likeness (QED) is 0.602. The van der Waals surface area contributed by atoms with Crippen LogP contribution < -0.4 is 15.4 Å². The molecule has 4 nitrogen and oxygen atoms in total. The Kier molecular flexibility index (Phi) is 5.36. The van der Waals surface area contributed by atoms with Gasteiger partial charge in [-0.2, -0.15) is 0 Å². The summed E-state index contributed by atoms with van der Waals surface area (Å²) in [7, 11) is 1.64. The van der Waals surface area contributed by atoms with Gasteiger partial charge in [0, 0.05) is 27.1 Å². The van der Waals surface area contributed by atoms with Crippen molar-refractivity contribution in [1.29, 1.82) is 0 Å². The van der Waals surface area contributed by atoms with E-state index in [0.29, 0.717) is 5.56 Å². The second-order valence-electron chi connectivity index (χ2n) is 5.40. The Bertz CT molecular complexity index is 862. The van der Waals surface area contributed by atoms with Crippen LogP contribution in [0.3, 0.4) is 0 Å². The summed E-state index contributed by atoms with van der Waals surface area (Å²) < 4.78 is 6.02. The molecule has 25 heavy (non-hydrogen) atoms. The second kappa shape index (κ2) is 7.85.